The number of likely N-dealkylation sites (tertiary alicyclic amines) is 1. The van der Waals surface area contributed by atoms with E-state index in [9.17, 15) is 8.42 Å². The highest BCUT2D eigenvalue weighted by atomic mass is 32.2. The van der Waals surface area contributed by atoms with E-state index >= 15 is 0 Å². The van der Waals surface area contributed by atoms with Gasteiger partial charge in [-0.05, 0) is 31.4 Å². The zero-order chi connectivity index (χ0) is 17.5. The van der Waals surface area contributed by atoms with E-state index in [4.69, 9.17) is 4.99 Å². The van der Waals surface area contributed by atoms with Crippen LogP contribution in [0.5, 0.6) is 0 Å². The molecule has 6 nitrogen and oxygen atoms in total. The average molecular weight is 365 g/mol. The van der Waals surface area contributed by atoms with Crippen LogP contribution in [0.1, 0.15) is 19.3 Å². The van der Waals surface area contributed by atoms with Crippen LogP contribution in [-0.4, -0.2) is 75.0 Å². The van der Waals surface area contributed by atoms with Crippen molar-refractivity contribution >= 4 is 21.5 Å². The van der Waals surface area contributed by atoms with E-state index in [2.05, 4.69) is 27.2 Å². The molecule has 0 aromatic heterocycles. The summed E-state index contributed by atoms with van der Waals surface area (Å²) in [7, 11) is -2.81. The molecule has 25 heavy (non-hydrogen) atoms. The van der Waals surface area contributed by atoms with Crippen LogP contribution in [0.3, 0.4) is 0 Å². The van der Waals surface area contributed by atoms with Crippen LogP contribution >= 0.6 is 0 Å². The average Bonchev–Trinajstić information content (AvgIpc) is 2.64. The highest BCUT2D eigenvalue weighted by Gasteiger charge is 2.21. The van der Waals surface area contributed by atoms with E-state index in [0.717, 1.165) is 31.3 Å². The van der Waals surface area contributed by atoms with E-state index in [-0.39, 0.29) is 11.5 Å². The Morgan fingerprint density at radius 1 is 1.00 bits per heavy atom. The lowest BCUT2D eigenvalue weighted by atomic mass is 10.1. The first kappa shape index (κ1) is 18.2. The summed E-state index contributed by atoms with van der Waals surface area (Å²) in [5.41, 5.74) is 1.05. The molecule has 0 bridgehead atoms. The zero-order valence-corrected chi connectivity index (χ0v) is 15.5. The van der Waals surface area contributed by atoms with Gasteiger partial charge in [0, 0.05) is 38.4 Å². The summed E-state index contributed by atoms with van der Waals surface area (Å²) in [4.78, 5) is 9.34. The number of guanidine groups is 1. The minimum Gasteiger partial charge on any atom is -0.343 e. The predicted octanol–water partition coefficient (Wildman–Crippen LogP) is 1.67. The maximum Gasteiger partial charge on any atom is 0.198 e. The van der Waals surface area contributed by atoms with Crippen LogP contribution in [0.25, 0.3) is 0 Å². The minimum atomic E-state index is -2.81. The number of sulfone groups is 1. The smallest absolute Gasteiger partial charge is 0.198 e. The van der Waals surface area contributed by atoms with Gasteiger partial charge >= 0.3 is 0 Å². The second-order valence-electron chi connectivity index (χ2n) is 6.74. The Hall–Kier alpha value is -1.60. The molecule has 7 heteroatoms. The summed E-state index contributed by atoms with van der Waals surface area (Å²) in [6, 6.07) is 10.1. The molecule has 2 heterocycles. The molecular weight excluding hydrogens is 336 g/mol. The summed E-state index contributed by atoms with van der Waals surface area (Å²) in [6.45, 7) is 4.84. The lowest BCUT2D eigenvalue weighted by Crippen LogP contribution is -2.42. The van der Waals surface area contributed by atoms with Gasteiger partial charge in [0.15, 0.2) is 15.8 Å². The van der Waals surface area contributed by atoms with Crippen molar-refractivity contribution in [3.05, 3.63) is 30.3 Å². The molecule has 2 fully saturated rings. The Morgan fingerprint density at radius 2 is 1.68 bits per heavy atom. The fraction of sp³-hybridized carbons (Fsp3) is 0.611. The molecule has 0 saturated carbocycles. The van der Waals surface area contributed by atoms with Gasteiger partial charge in [0.05, 0.1) is 18.1 Å². The van der Waals surface area contributed by atoms with Gasteiger partial charge in [-0.25, -0.2) is 8.42 Å². The summed E-state index contributed by atoms with van der Waals surface area (Å²) in [5, 5.41) is 3.46. The Bertz CT molecular complexity index is 656. The van der Waals surface area contributed by atoms with Gasteiger partial charge in [-0.2, -0.15) is 0 Å². The Kier molecular flexibility index (Phi) is 6.31. The fourth-order valence-corrected chi connectivity index (χ4v) is 4.52. The van der Waals surface area contributed by atoms with Gasteiger partial charge in [-0.15, -0.1) is 0 Å². The van der Waals surface area contributed by atoms with Crippen molar-refractivity contribution in [2.24, 2.45) is 4.99 Å². The maximum absolute atomic E-state index is 11.5. The van der Waals surface area contributed by atoms with Gasteiger partial charge in [0.25, 0.3) is 0 Å². The number of aliphatic imine (C=N–C) groups is 1. The number of rotatable bonds is 4. The Balaban J connectivity index is 1.59. The van der Waals surface area contributed by atoms with Gasteiger partial charge in [-0.3, -0.25) is 9.89 Å². The first-order chi connectivity index (χ1) is 12.1. The third-order valence-electron chi connectivity index (χ3n) is 4.80. The number of piperidine rings is 1. The maximum atomic E-state index is 11.5. The second kappa shape index (κ2) is 8.67. The van der Waals surface area contributed by atoms with Crippen LogP contribution in [0.4, 0.5) is 5.69 Å². The normalized spacial score (nSPS) is 21.9. The second-order valence-corrected chi connectivity index (χ2v) is 9.04. The monoisotopic (exact) mass is 364 g/mol. The third kappa shape index (κ3) is 5.71. The van der Waals surface area contributed by atoms with Gasteiger partial charge in [0.1, 0.15) is 0 Å². The first-order valence-corrected chi connectivity index (χ1v) is 11.0. The molecule has 1 aromatic rings. The molecule has 2 saturated heterocycles. The molecule has 0 radical (unpaired) electrons. The van der Waals surface area contributed by atoms with E-state index in [1.54, 1.807) is 0 Å². The molecule has 1 N–H and O–H groups in total. The first-order valence-electron chi connectivity index (χ1n) is 9.17. The number of para-hydroxylation sites is 1. The quantitative estimate of drug-likeness (QED) is 0.650. The van der Waals surface area contributed by atoms with Crippen LogP contribution in [0, 0.1) is 0 Å². The molecule has 0 amide bonds. The van der Waals surface area contributed by atoms with Gasteiger partial charge in [-0.1, -0.05) is 18.2 Å². The van der Waals surface area contributed by atoms with Crippen LogP contribution in [0.2, 0.25) is 0 Å². The minimum absolute atomic E-state index is 0.276. The number of hydrogen-bond donors (Lipinski definition) is 1. The van der Waals surface area contributed by atoms with E-state index in [1.165, 1.54) is 19.3 Å². The van der Waals surface area contributed by atoms with Crippen LogP contribution in [0.15, 0.2) is 35.3 Å². The van der Waals surface area contributed by atoms with Crippen molar-refractivity contribution < 1.29 is 8.42 Å². The van der Waals surface area contributed by atoms with Crippen molar-refractivity contribution in [2.75, 3.05) is 56.1 Å². The molecule has 0 unspecified atom stereocenters. The Morgan fingerprint density at radius 3 is 2.36 bits per heavy atom. The molecular formula is C18H28N4O2S. The molecule has 0 aliphatic carbocycles. The highest BCUT2D eigenvalue weighted by molar-refractivity contribution is 7.91. The summed E-state index contributed by atoms with van der Waals surface area (Å²) < 4.78 is 23.0. The van der Waals surface area contributed by atoms with Gasteiger partial charge in [0.2, 0.25) is 0 Å². The van der Waals surface area contributed by atoms with Crippen molar-refractivity contribution in [2.45, 2.75) is 19.3 Å². The fourth-order valence-electron chi connectivity index (χ4n) is 3.25. The third-order valence-corrected chi connectivity index (χ3v) is 6.41. The largest absolute Gasteiger partial charge is 0.343 e. The van der Waals surface area contributed by atoms with E-state index in [0.29, 0.717) is 19.6 Å². The summed E-state index contributed by atoms with van der Waals surface area (Å²) >= 11 is 0. The lowest BCUT2D eigenvalue weighted by molar-refractivity contribution is 0.302. The molecule has 0 spiro atoms. The van der Waals surface area contributed by atoms with Crippen molar-refractivity contribution in [1.82, 2.24) is 9.80 Å². The standard InChI is InChI=1S/C18H28N4O2S/c23-25(24)15-13-21(14-16-25)12-9-19-18(22-10-5-2-6-11-22)20-17-7-3-1-4-8-17/h1,3-4,7-8H,2,5-6,9-16H2,(H,19,20). The molecule has 138 valence electrons. The molecule has 3 rings (SSSR count). The number of anilines is 1. The SMILES string of the molecule is O=S1(=O)CCN(CCN=C(Nc2ccccc2)N2CCCCC2)CC1. The number of benzene rings is 1. The van der Waals surface area contributed by atoms with Crippen molar-refractivity contribution in [1.29, 1.82) is 0 Å². The summed E-state index contributed by atoms with van der Waals surface area (Å²) in [6.07, 6.45) is 3.70. The zero-order valence-electron chi connectivity index (χ0n) is 14.7. The topological polar surface area (TPSA) is 65.0 Å². The van der Waals surface area contributed by atoms with Gasteiger partial charge < -0.3 is 10.2 Å². The number of nitrogens with zero attached hydrogens (tertiary/aromatic N) is 3. The number of nitrogens with one attached hydrogen (secondary N) is 1. The van der Waals surface area contributed by atoms with Crippen molar-refractivity contribution in [3.8, 4) is 0 Å². The van der Waals surface area contributed by atoms with Crippen LogP contribution in [-0.2, 0) is 9.84 Å². The van der Waals surface area contributed by atoms with E-state index < -0.39 is 9.84 Å². The molecule has 0 atom stereocenters. The highest BCUT2D eigenvalue weighted by Crippen LogP contribution is 2.13. The molecule has 2 aliphatic heterocycles. The Labute approximate surface area is 150 Å². The van der Waals surface area contributed by atoms with E-state index in [1.807, 2.05) is 18.2 Å². The van der Waals surface area contributed by atoms with Crippen molar-refractivity contribution in [3.63, 3.8) is 0 Å². The molecule has 1 aromatic carbocycles. The number of hydrogen-bond acceptors (Lipinski definition) is 4. The predicted molar refractivity (Wildman–Crippen MR) is 103 cm³/mol. The lowest BCUT2D eigenvalue weighted by Gasteiger charge is -2.31. The van der Waals surface area contributed by atoms with Crippen LogP contribution < -0.4 is 5.32 Å². The molecule has 2 aliphatic rings. The summed E-state index contributed by atoms with van der Waals surface area (Å²) in [5.74, 6) is 1.49.